The summed E-state index contributed by atoms with van der Waals surface area (Å²) in [5.74, 6) is 1.12. The second-order valence-electron chi connectivity index (χ2n) is 5.24. The van der Waals surface area contributed by atoms with Crippen LogP contribution < -0.4 is 15.5 Å². The van der Waals surface area contributed by atoms with Gasteiger partial charge in [0.2, 0.25) is 5.95 Å². The van der Waals surface area contributed by atoms with E-state index in [2.05, 4.69) is 20.5 Å². The number of hydrogen-bond donors (Lipinski definition) is 1. The second-order valence-corrected chi connectivity index (χ2v) is 5.24. The van der Waals surface area contributed by atoms with Gasteiger partial charge >= 0.3 is 0 Å². The third-order valence-electron chi connectivity index (χ3n) is 3.87. The van der Waals surface area contributed by atoms with Gasteiger partial charge in [0.1, 0.15) is 25.7 Å². The summed E-state index contributed by atoms with van der Waals surface area (Å²) in [5.41, 5.74) is 3.22. The summed E-state index contributed by atoms with van der Waals surface area (Å²) < 4.78 is 21.4. The summed E-state index contributed by atoms with van der Waals surface area (Å²) >= 11 is 0. The van der Waals surface area contributed by atoms with Crippen molar-refractivity contribution < 1.29 is 9.13 Å². The summed E-state index contributed by atoms with van der Waals surface area (Å²) in [4.78, 5) is 4.34. The normalized spacial score (nSPS) is 13.1. The smallest absolute Gasteiger partial charge is 0.210 e. The Hall–Kier alpha value is -2.64. The highest BCUT2D eigenvalue weighted by atomic mass is 19.1. The number of rotatable bonds is 3. The zero-order valence-electron chi connectivity index (χ0n) is 12.0. The van der Waals surface area contributed by atoms with Crippen molar-refractivity contribution in [2.24, 2.45) is 0 Å². The Balaban J connectivity index is 1.67. The third-order valence-corrected chi connectivity index (χ3v) is 3.87. The van der Waals surface area contributed by atoms with Crippen LogP contribution in [0.1, 0.15) is 11.1 Å². The Kier molecular flexibility index (Phi) is 2.95. The lowest BCUT2D eigenvalue weighted by molar-refractivity contribution is 0.356. The highest BCUT2D eigenvalue weighted by Crippen LogP contribution is 2.30. The molecule has 4 rings (SSSR count). The number of benzene rings is 1. The van der Waals surface area contributed by atoms with Crippen LogP contribution >= 0.6 is 0 Å². The van der Waals surface area contributed by atoms with E-state index in [0.717, 1.165) is 28.8 Å². The number of hydrogen-bond acceptors (Lipinski definition) is 5. The predicted octanol–water partition coefficient (Wildman–Crippen LogP) is 0.0688. The number of nitrogens with zero attached hydrogens (tertiary/aromatic N) is 4. The van der Waals surface area contributed by atoms with Crippen molar-refractivity contribution in [3.8, 4) is 5.75 Å². The van der Waals surface area contributed by atoms with E-state index in [4.69, 9.17) is 4.74 Å². The maximum Gasteiger partial charge on any atom is 0.210 e. The molecule has 110 valence electrons. The van der Waals surface area contributed by atoms with Crippen molar-refractivity contribution in [1.29, 1.82) is 0 Å². The first-order chi connectivity index (χ1) is 10.7. The first-order valence-corrected chi connectivity index (χ1v) is 7.06. The van der Waals surface area contributed by atoms with Crippen LogP contribution in [0.3, 0.4) is 0 Å². The van der Waals surface area contributed by atoms with Crippen LogP contribution in [0, 0.1) is 5.82 Å². The van der Waals surface area contributed by atoms with E-state index in [1.165, 1.54) is 6.07 Å². The molecule has 0 amide bonds. The minimum absolute atomic E-state index is 0.233. The molecule has 1 aliphatic rings. The average molecular weight is 297 g/mol. The molecule has 0 saturated heterocycles. The van der Waals surface area contributed by atoms with E-state index in [9.17, 15) is 4.39 Å². The largest absolute Gasteiger partial charge is 0.493 e. The van der Waals surface area contributed by atoms with Crippen LogP contribution in [0.15, 0.2) is 24.7 Å². The molecule has 0 saturated carbocycles. The van der Waals surface area contributed by atoms with Crippen molar-refractivity contribution in [3.05, 3.63) is 41.6 Å². The molecule has 3 aromatic rings. The highest BCUT2D eigenvalue weighted by molar-refractivity contribution is 6.36. The molecule has 0 spiro atoms. The summed E-state index contributed by atoms with van der Waals surface area (Å²) in [6.07, 6.45) is 4.04. The zero-order valence-corrected chi connectivity index (χ0v) is 12.0. The number of halogens is 1. The lowest BCUT2D eigenvalue weighted by atomic mass is 10.00. The lowest BCUT2D eigenvalue weighted by Gasteiger charge is -2.11. The van der Waals surface area contributed by atoms with Crippen molar-refractivity contribution in [2.75, 3.05) is 11.9 Å². The number of nitrogens with one attached hydrogen (secondary N) is 1. The molecule has 6 nitrogen and oxygen atoms in total. The van der Waals surface area contributed by atoms with Gasteiger partial charge < -0.3 is 10.1 Å². The molecule has 8 heteroatoms. The van der Waals surface area contributed by atoms with E-state index >= 15 is 0 Å². The number of ether oxygens (including phenoxy) is 1. The topological polar surface area (TPSA) is 64.3 Å². The van der Waals surface area contributed by atoms with Gasteiger partial charge in [0.15, 0.2) is 5.65 Å². The first-order valence-electron chi connectivity index (χ1n) is 7.06. The van der Waals surface area contributed by atoms with Gasteiger partial charge in [0, 0.05) is 30.3 Å². The van der Waals surface area contributed by atoms with E-state index < -0.39 is 0 Å². The molecule has 0 atom stereocenters. The maximum atomic E-state index is 14.1. The SMILES string of the molecule is Bc1cnc(NCc2c(F)ccc3c2CCO3)n2cnnc12. The summed E-state index contributed by atoms with van der Waals surface area (Å²) in [6, 6.07) is 3.13. The van der Waals surface area contributed by atoms with Crippen molar-refractivity contribution in [1.82, 2.24) is 19.6 Å². The zero-order chi connectivity index (χ0) is 15.1. The van der Waals surface area contributed by atoms with Crippen LogP contribution in [0.5, 0.6) is 5.75 Å². The fraction of sp³-hybridized carbons (Fsp3) is 0.214. The van der Waals surface area contributed by atoms with Crippen molar-refractivity contribution >= 4 is 24.9 Å². The van der Waals surface area contributed by atoms with Gasteiger partial charge in [-0.2, -0.15) is 0 Å². The highest BCUT2D eigenvalue weighted by Gasteiger charge is 2.19. The van der Waals surface area contributed by atoms with E-state index in [1.54, 1.807) is 23.0 Å². The van der Waals surface area contributed by atoms with Gasteiger partial charge in [-0.25, -0.2) is 9.37 Å². The van der Waals surface area contributed by atoms with Crippen molar-refractivity contribution in [2.45, 2.75) is 13.0 Å². The Labute approximate surface area is 126 Å². The number of aromatic nitrogens is 4. The molecule has 0 bridgehead atoms. The molecule has 0 unspecified atom stereocenters. The molecular formula is C14H13BFN5O. The minimum atomic E-state index is -0.233. The molecule has 0 aliphatic carbocycles. The quantitative estimate of drug-likeness (QED) is 0.693. The summed E-state index contributed by atoms with van der Waals surface area (Å²) in [5, 5.41) is 11.1. The van der Waals surface area contributed by atoms with E-state index in [-0.39, 0.29) is 5.82 Å². The second kappa shape index (κ2) is 4.97. The molecule has 1 aliphatic heterocycles. The molecular weight excluding hydrogens is 284 g/mol. The minimum Gasteiger partial charge on any atom is -0.493 e. The van der Waals surface area contributed by atoms with Gasteiger partial charge in [-0.3, -0.25) is 4.40 Å². The standard InChI is InChI=1S/C14H13BFN5O/c15-10-6-18-14(21-7-19-20-13(10)21)17-5-9-8-3-4-22-12(8)2-1-11(9)16/h1-2,6-7H,3-5,15H2,(H,17,18). The number of fused-ring (bicyclic) bond motifs is 2. The molecule has 0 fully saturated rings. The van der Waals surface area contributed by atoms with Gasteiger partial charge in [-0.05, 0) is 17.6 Å². The van der Waals surface area contributed by atoms with Crippen molar-refractivity contribution in [3.63, 3.8) is 0 Å². The van der Waals surface area contributed by atoms with E-state index in [1.807, 2.05) is 7.85 Å². The maximum absolute atomic E-state index is 14.1. The fourth-order valence-electron chi connectivity index (χ4n) is 2.74. The van der Waals surface area contributed by atoms with Gasteiger partial charge in [0.25, 0.3) is 0 Å². The van der Waals surface area contributed by atoms with Gasteiger partial charge in [-0.15, -0.1) is 10.2 Å². The Morgan fingerprint density at radius 1 is 1.41 bits per heavy atom. The van der Waals surface area contributed by atoms with Crippen LogP contribution in [-0.4, -0.2) is 34.0 Å². The van der Waals surface area contributed by atoms with Crippen LogP contribution in [0.2, 0.25) is 0 Å². The fourth-order valence-corrected chi connectivity index (χ4v) is 2.74. The molecule has 1 aromatic carbocycles. The van der Waals surface area contributed by atoms with Crippen LogP contribution in [-0.2, 0) is 13.0 Å². The number of anilines is 1. The summed E-state index contributed by atoms with van der Waals surface area (Å²) in [7, 11) is 1.92. The Bertz CT molecular complexity index is 866. The first kappa shape index (κ1) is 13.1. The van der Waals surface area contributed by atoms with Crippen LogP contribution in [0.4, 0.5) is 10.3 Å². The molecule has 0 radical (unpaired) electrons. The molecule has 22 heavy (non-hydrogen) atoms. The van der Waals surface area contributed by atoms with Crippen LogP contribution in [0.25, 0.3) is 5.65 Å². The molecule has 3 heterocycles. The Morgan fingerprint density at radius 3 is 3.23 bits per heavy atom. The van der Waals surface area contributed by atoms with E-state index in [0.29, 0.717) is 24.7 Å². The predicted molar refractivity (Wildman–Crippen MR) is 81.9 cm³/mol. The molecule has 1 N–H and O–H groups in total. The third kappa shape index (κ3) is 1.99. The summed E-state index contributed by atoms with van der Waals surface area (Å²) in [6.45, 7) is 0.936. The monoisotopic (exact) mass is 297 g/mol. The van der Waals surface area contributed by atoms with Gasteiger partial charge in [-0.1, -0.05) is 0 Å². The Morgan fingerprint density at radius 2 is 2.32 bits per heavy atom. The lowest BCUT2D eigenvalue weighted by Crippen LogP contribution is -2.15. The molecule has 2 aromatic heterocycles. The average Bonchev–Trinajstić information content (AvgIpc) is 3.17. The van der Waals surface area contributed by atoms with Gasteiger partial charge in [0.05, 0.1) is 6.61 Å².